The molecule has 0 aromatic heterocycles. The Bertz CT molecular complexity index is 1350. The van der Waals surface area contributed by atoms with Crippen molar-refractivity contribution < 1.29 is 52.2 Å². The van der Waals surface area contributed by atoms with Crippen molar-refractivity contribution in [1.82, 2.24) is 0 Å². The molecule has 0 radical (unpaired) electrons. The molecule has 0 saturated carbocycles. The van der Waals surface area contributed by atoms with Gasteiger partial charge in [-0.2, -0.15) is 0 Å². The van der Waals surface area contributed by atoms with Crippen LogP contribution in [0, 0.1) is 0 Å². The molecule has 2 N–H and O–H groups in total. The Morgan fingerprint density at radius 3 is 1.25 bits per heavy atom. The van der Waals surface area contributed by atoms with Gasteiger partial charge in [-0.3, -0.25) is 23.4 Å². The number of carbonyl (C=O) groups is 3. The Morgan fingerprint density at radius 2 is 0.812 bits per heavy atom. The normalized spacial score (nSPS) is 14.1. The summed E-state index contributed by atoms with van der Waals surface area (Å²) in [6, 6.07) is 0. The van der Waals surface area contributed by atoms with Crippen molar-refractivity contribution in [3.8, 4) is 0 Å². The minimum absolute atomic E-state index is 0.124. The number of aliphatic hydroxyl groups excluding tert-OH is 1. The second-order valence-electron chi connectivity index (χ2n) is 16.2. The number of carbonyl (C=O) groups excluding carboxylic acids is 3. The highest BCUT2D eigenvalue weighted by Crippen LogP contribution is 2.43. The Morgan fingerprint density at radius 1 is 0.453 bits per heavy atom. The van der Waals surface area contributed by atoms with Gasteiger partial charge in [0.15, 0.2) is 6.10 Å². The third kappa shape index (κ3) is 44.1. The quantitative estimate of drug-likeness (QED) is 0.0197. The van der Waals surface area contributed by atoms with E-state index < -0.39 is 57.8 Å². The first-order chi connectivity index (χ1) is 31.2. The molecule has 12 heteroatoms. The minimum atomic E-state index is -4.75. The number of hydrogen-bond donors (Lipinski definition) is 2. The zero-order valence-corrected chi connectivity index (χ0v) is 41.1. The standard InChI is InChI=1S/C52H89O11P/c1-4-7-10-13-16-19-22-24-27-29-32-35-38-41-50(54)59-45-49(63-52(56)43-40-37-34-31-28-25-23-20-17-14-11-8-5-2)47-61-64(57,58)60-46-48(44-53)62-51(55)42-39-36-33-30-26-21-18-15-12-9-6-3/h7-8,10-11,16-17,19-20,24-25,27-28,48-49,53H,4-6,9,12-15,18,21-23,26,29-47H2,1-3H3,(H,57,58)/b10-7-,11-8-,19-16-,20-17-,27-24-,28-25-. The van der Waals surface area contributed by atoms with Gasteiger partial charge in [-0.1, -0.05) is 171 Å². The highest BCUT2D eigenvalue weighted by atomic mass is 31.2. The Balaban J connectivity index is 4.83. The van der Waals surface area contributed by atoms with Crippen LogP contribution in [0.4, 0.5) is 0 Å². The lowest BCUT2D eigenvalue weighted by molar-refractivity contribution is -0.161. The third-order valence-electron chi connectivity index (χ3n) is 10.1. The zero-order chi connectivity index (χ0) is 47.0. The summed E-state index contributed by atoms with van der Waals surface area (Å²) in [6.45, 7) is 4.31. The van der Waals surface area contributed by atoms with E-state index in [0.717, 1.165) is 96.3 Å². The van der Waals surface area contributed by atoms with E-state index in [1.165, 1.54) is 44.9 Å². The molecule has 0 heterocycles. The molecular weight excluding hydrogens is 832 g/mol. The molecule has 0 amide bonds. The summed E-state index contributed by atoms with van der Waals surface area (Å²) >= 11 is 0. The summed E-state index contributed by atoms with van der Waals surface area (Å²) in [5.74, 6) is -1.54. The van der Waals surface area contributed by atoms with Crippen LogP contribution in [0.5, 0.6) is 0 Å². The molecule has 0 spiro atoms. The fourth-order valence-corrected chi connectivity index (χ4v) is 7.17. The molecule has 0 aliphatic rings. The lowest BCUT2D eigenvalue weighted by Gasteiger charge is -2.21. The second-order valence-corrected chi connectivity index (χ2v) is 17.7. The van der Waals surface area contributed by atoms with Crippen molar-refractivity contribution in [3.63, 3.8) is 0 Å². The molecule has 0 aromatic rings. The van der Waals surface area contributed by atoms with Crippen LogP contribution in [-0.4, -0.2) is 66.5 Å². The smallest absolute Gasteiger partial charge is 0.462 e. The number of phosphoric ester groups is 1. The summed E-state index contributed by atoms with van der Waals surface area (Å²) in [7, 11) is -4.75. The number of rotatable bonds is 45. The Hall–Kier alpha value is -3.08. The molecular formula is C52H89O11P. The van der Waals surface area contributed by atoms with Crippen molar-refractivity contribution in [2.24, 2.45) is 0 Å². The van der Waals surface area contributed by atoms with Gasteiger partial charge in [0.25, 0.3) is 0 Å². The molecule has 0 bridgehead atoms. The maximum atomic E-state index is 12.8. The number of esters is 3. The van der Waals surface area contributed by atoms with Gasteiger partial charge in [-0.15, -0.1) is 0 Å². The molecule has 0 aromatic carbocycles. The van der Waals surface area contributed by atoms with Gasteiger partial charge in [0.2, 0.25) is 0 Å². The van der Waals surface area contributed by atoms with Crippen LogP contribution < -0.4 is 0 Å². The molecule has 0 saturated heterocycles. The average molecular weight is 921 g/mol. The monoisotopic (exact) mass is 921 g/mol. The molecule has 3 atom stereocenters. The van der Waals surface area contributed by atoms with E-state index in [0.29, 0.717) is 19.3 Å². The van der Waals surface area contributed by atoms with Crippen LogP contribution in [0.3, 0.4) is 0 Å². The predicted octanol–water partition coefficient (Wildman–Crippen LogP) is 13.8. The van der Waals surface area contributed by atoms with Crippen LogP contribution in [-0.2, 0) is 42.2 Å². The van der Waals surface area contributed by atoms with Gasteiger partial charge in [0.05, 0.1) is 19.8 Å². The SMILES string of the molecule is CC/C=C\C/C=C\C/C=C\CCCCCC(=O)OCC(COP(=O)(O)OCC(CO)OC(=O)CCCCCCCCCCCCC)OC(=O)CCCCC/C=C\C/C=C\C/C=C\CC. The first-order valence-corrected chi connectivity index (χ1v) is 26.3. The molecule has 11 nitrogen and oxygen atoms in total. The topological polar surface area (TPSA) is 155 Å². The molecule has 0 fully saturated rings. The summed E-state index contributed by atoms with van der Waals surface area (Å²) in [4.78, 5) is 48.2. The molecule has 368 valence electrons. The first-order valence-electron chi connectivity index (χ1n) is 24.8. The van der Waals surface area contributed by atoms with Crippen LogP contribution in [0.1, 0.15) is 201 Å². The van der Waals surface area contributed by atoms with Gasteiger partial charge in [0, 0.05) is 19.3 Å². The van der Waals surface area contributed by atoms with E-state index in [-0.39, 0.29) is 25.9 Å². The highest BCUT2D eigenvalue weighted by molar-refractivity contribution is 7.47. The number of hydrogen-bond acceptors (Lipinski definition) is 10. The Kier molecular flexibility index (Phi) is 44.2. The van der Waals surface area contributed by atoms with Crippen LogP contribution in [0.25, 0.3) is 0 Å². The Labute approximate surface area is 388 Å². The summed E-state index contributed by atoms with van der Waals surface area (Å²) in [5.41, 5.74) is 0. The van der Waals surface area contributed by atoms with Gasteiger partial charge < -0.3 is 24.2 Å². The maximum absolute atomic E-state index is 12.8. The number of ether oxygens (including phenoxy) is 3. The van der Waals surface area contributed by atoms with E-state index in [1.807, 2.05) is 0 Å². The number of unbranched alkanes of at least 4 members (excludes halogenated alkanes) is 16. The fourth-order valence-electron chi connectivity index (χ4n) is 6.38. The average Bonchev–Trinajstić information content (AvgIpc) is 3.28. The first kappa shape index (κ1) is 60.9. The van der Waals surface area contributed by atoms with E-state index in [1.54, 1.807) is 0 Å². The van der Waals surface area contributed by atoms with Gasteiger partial charge in [0.1, 0.15) is 12.7 Å². The molecule has 64 heavy (non-hydrogen) atoms. The molecule has 3 unspecified atom stereocenters. The largest absolute Gasteiger partial charge is 0.472 e. The summed E-state index contributed by atoms with van der Waals surface area (Å²) in [6.07, 6.45) is 48.8. The minimum Gasteiger partial charge on any atom is -0.462 e. The van der Waals surface area contributed by atoms with E-state index in [4.69, 9.17) is 23.3 Å². The van der Waals surface area contributed by atoms with Crippen molar-refractivity contribution >= 4 is 25.7 Å². The van der Waals surface area contributed by atoms with Gasteiger partial charge in [-0.25, -0.2) is 4.57 Å². The van der Waals surface area contributed by atoms with Gasteiger partial charge >= 0.3 is 25.7 Å². The van der Waals surface area contributed by atoms with Crippen LogP contribution in [0.2, 0.25) is 0 Å². The van der Waals surface area contributed by atoms with Crippen LogP contribution in [0.15, 0.2) is 72.9 Å². The highest BCUT2D eigenvalue weighted by Gasteiger charge is 2.28. The fraction of sp³-hybridized carbons (Fsp3) is 0.712. The van der Waals surface area contributed by atoms with E-state index in [9.17, 15) is 28.9 Å². The van der Waals surface area contributed by atoms with Crippen molar-refractivity contribution in [3.05, 3.63) is 72.9 Å². The summed E-state index contributed by atoms with van der Waals surface area (Å²) < 4.78 is 39.2. The number of phosphoric acid groups is 1. The molecule has 0 rings (SSSR count). The maximum Gasteiger partial charge on any atom is 0.472 e. The van der Waals surface area contributed by atoms with Crippen molar-refractivity contribution in [2.75, 3.05) is 26.4 Å². The van der Waals surface area contributed by atoms with Crippen molar-refractivity contribution in [2.45, 2.75) is 213 Å². The summed E-state index contributed by atoms with van der Waals surface area (Å²) in [5, 5.41) is 9.75. The zero-order valence-electron chi connectivity index (χ0n) is 40.2. The molecule has 0 aliphatic heterocycles. The lowest BCUT2D eigenvalue weighted by atomic mass is 10.1. The van der Waals surface area contributed by atoms with Gasteiger partial charge in [-0.05, 0) is 83.5 Å². The lowest BCUT2D eigenvalue weighted by Crippen LogP contribution is -2.30. The van der Waals surface area contributed by atoms with Crippen molar-refractivity contribution in [1.29, 1.82) is 0 Å². The number of aliphatic hydroxyl groups is 1. The van der Waals surface area contributed by atoms with E-state index in [2.05, 4.69) is 93.7 Å². The van der Waals surface area contributed by atoms with E-state index >= 15 is 0 Å². The molecule has 0 aliphatic carbocycles. The third-order valence-corrected chi connectivity index (χ3v) is 11.1. The second kappa shape index (κ2) is 46.4. The predicted molar refractivity (Wildman–Crippen MR) is 261 cm³/mol. The van der Waals surface area contributed by atoms with Crippen LogP contribution >= 0.6 is 7.82 Å². The number of allylic oxidation sites excluding steroid dienone is 12.